The van der Waals surface area contributed by atoms with Crippen LogP contribution in [0.1, 0.15) is 45.3 Å². The summed E-state index contributed by atoms with van der Waals surface area (Å²) in [5.74, 6) is 0. The molecular formula is C13H18Br2O. The zero-order chi connectivity index (χ0) is 12.3. The third-order valence-electron chi connectivity index (χ3n) is 2.49. The van der Waals surface area contributed by atoms with E-state index in [-0.39, 0.29) is 11.5 Å². The van der Waals surface area contributed by atoms with Gasteiger partial charge in [0.25, 0.3) is 0 Å². The van der Waals surface area contributed by atoms with Crippen LogP contribution in [0.4, 0.5) is 0 Å². The maximum Gasteiger partial charge on any atom is 0.0801 e. The molecule has 0 amide bonds. The zero-order valence-corrected chi connectivity index (χ0v) is 13.1. The monoisotopic (exact) mass is 348 g/mol. The van der Waals surface area contributed by atoms with Gasteiger partial charge in [-0.2, -0.15) is 0 Å². The summed E-state index contributed by atoms with van der Waals surface area (Å²) < 4.78 is 1.98. The van der Waals surface area contributed by atoms with Crippen molar-refractivity contribution in [2.45, 2.75) is 39.7 Å². The van der Waals surface area contributed by atoms with E-state index in [4.69, 9.17) is 0 Å². The Morgan fingerprint density at radius 3 is 2.38 bits per heavy atom. The van der Waals surface area contributed by atoms with Crippen LogP contribution < -0.4 is 0 Å². The highest BCUT2D eigenvalue weighted by Gasteiger charge is 2.16. The van der Waals surface area contributed by atoms with E-state index in [2.05, 4.69) is 52.6 Å². The second-order valence-electron chi connectivity index (χ2n) is 5.28. The van der Waals surface area contributed by atoms with Crippen LogP contribution in [0.25, 0.3) is 0 Å². The van der Waals surface area contributed by atoms with Crippen molar-refractivity contribution in [2.24, 2.45) is 5.41 Å². The van der Waals surface area contributed by atoms with E-state index in [1.54, 1.807) is 0 Å². The quantitative estimate of drug-likeness (QED) is 0.807. The number of aliphatic hydroxyl groups is 1. The second-order valence-corrected chi connectivity index (χ2v) is 7.05. The Bertz CT molecular complexity index is 355. The predicted molar refractivity (Wildman–Crippen MR) is 75.5 cm³/mol. The number of rotatable bonds is 3. The molecule has 0 aliphatic heterocycles. The lowest BCUT2D eigenvalue weighted by atomic mass is 9.88. The number of benzene rings is 1. The molecule has 0 aliphatic rings. The minimum absolute atomic E-state index is 0.267. The van der Waals surface area contributed by atoms with Crippen LogP contribution in [-0.2, 0) is 0 Å². The molecule has 3 heteroatoms. The topological polar surface area (TPSA) is 20.2 Å². The van der Waals surface area contributed by atoms with E-state index in [9.17, 15) is 5.11 Å². The Labute approximate surface area is 115 Å². The molecule has 1 atom stereocenters. The Balaban J connectivity index is 2.70. The van der Waals surface area contributed by atoms with Gasteiger partial charge in [0.15, 0.2) is 0 Å². The highest BCUT2D eigenvalue weighted by Crippen LogP contribution is 2.32. The summed E-state index contributed by atoms with van der Waals surface area (Å²) in [6.45, 7) is 6.57. The standard InChI is InChI=1S/C13H18Br2O/c1-13(2,3)7-6-12(16)10-5-4-9(14)8-11(10)15/h4-5,8,12,16H,6-7H2,1-3H3. The first kappa shape index (κ1) is 14.2. The molecule has 0 heterocycles. The lowest BCUT2D eigenvalue weighted by Crippen LogP contribution is -2.08. The smallest absolute Gasteiger partial charge is 0.0801 e. The Hall–Kier alpha value is 0.140. The average molecular weight is 350 g/mol. The minimum atomic E-state index is -0.387. The van der Waals surface area contributed by atoms with E-state index in [1.165, 1.54) is 0 Å². The van der Waals surface area contributed by atoms with Gasteiger partial charge in [-0.25, -0.2) is 0 Å². The summed E-state index contributed by atoms with van der Waals surface area (Å²) in [7, 11) is 0. The molecule has 1 N–H and O–H groups in total. The number of hydrogen-bond donors (Lipinski definition) is 1. The zero-order valence-electron chi connectivity index (χ0n) is 9.93. The summed E-state index contributed by atoms with van der Waals surface area (Å²) in [5, 5.41) is 10.1. The molecule has 0 saturated carbocycles. The van der Waals surface area contributed by atoms with Gasteiger partial charge in [0.1, 0.15) is 0 Å². The summed E-state index contributed by atoms with van der Waals surface area (Å²) in [6, 6.07) is 5.89. The van der Waals surface area contributed by atoms with Gasteiger partial charge in [-0.05, 0) is 36.0 Å². The molecule has 0 bridgehead atoms. The molecule has 0 radical (unpaired) electrons. The van der Waals surface area contributed by atoms with Crippen molar-refractivity contribution in [1.29, 1.82) is 0 Å². The first-order valence-corrected chi connectivity index (χ1v) is 7.01. The first-order valence-electron chi connectivity index (χ1n) is 5.42. The van der Waals surface area contributed by atoms with Crippen molar-refractivity contribution in [3.63, 3.8) is 0 Å². The van der Waals surface area contributed by atoms with Crippen LogP contribution in [0, 0.1) is 5.41 Å². The highest BCUT2D eigenvalue weighted by atomic mass is 79.9. The van der Waals surface area contributed by atoms with Crippen molar-refractivity contribution < 1.29 is 5.11 Å². The largest absolute Gasteiger partial charge is 0.388 e. The molecule has 0 aliphatic carbocycles. The van der Waals surface area contributed by atoms with Gasteiger partial charge < -0.3 is 5.11 Å². The highest BCUT2D eigenvalue weighted by molar-refractivity contribution is 9.11. The Morgan fingerprint density at radius 2 is 1.88 bits per heavy atom. The number of aliphatic hydroxyl groups excluding tert-OH is 1. The van der Waals surface area contributed by atoms with Gasteiger partial charge in [-0.3, -0.25) is 0 Å². The molecule has 1 aromatic rings. The summed E-state index contributed by atoms with van der Waals surface area (Å²) in [5.41, 5.74) is 1.23. The maximum atomic E-state index is 10.1. The molecular weight excluding hydrogens is 332 g/mol. The van der Waals surface area contributed by atoms with Gasteiger partial charge in [0.05, 0.1) is 6.10 Å². The van der Waals surface area contributed by atoms with Crippen molar-refractivity contribution in [1.82, 2.24) is 0 Å². The van der Waals surface area contributed by atoms with E-state index >= 15 is 0 Å². The van der Waals surface area contributed by atoms with E-state index in [0.29, 0.717) is 0 Å². The summed E-state index contributed by atoms with van der Waals surface area (Å²) in [4.78, 5) is 0. The molecule has 1 nitrogen and oxygen atoms in total. The lowest BCUT2D eigenvalue weighted by molar-refractivity contribution is 0.147. The molecule has 1 rings (SSSR count). The van der Waals surface area contributed by atoms with Crippen LogP contribution in [-0.4, -0.2) is 5.11 Å². The molecule has 1 aromatic carbocycles. The van der Waals surface area contributed by atoms with Crippen LogP contribution >= 0.6 is 31.9 Å². The second kappa shape index (κ2) is 5.65. The Morgan fingerprint density at radius 1 is 1.25 bits per heavy atom. The van der Waals surface area contributed by atoms with Crippen molar-refractivity contribution in [2.75, 3.05) is 0 Å². The van der Waals surface area contributed by atoms with Gasteiger partial charge in [0, 0.05) is 8.95 Å². The summed E-state index contributed by atoms with van der Waals surface area (Å²) >= 11 is 6.88. The van der Waals surface area contributed by atoms with E-state index in [1.807, 2.05) is 18.2 Å². The molecule has 0 saturated heterocycles. The SMILES string of the molecule is CC(C)(C)CCC(O)c1ccc(Br)cc1Br. The fraction of sp³-hybridized carbons (Fsp3) is 0.538. The maximum absolute atomic E-state index is 10.1. The van der Waals surface area contributed by atoms with Gasteiger partial charge in [-0.15, -0.1) is 0 Å². The van der Waals surface area contributed by atoms with Gasteiger partial charge >= 0.3 is 0 Å². The fourth-order valence-electron chi connectivity index (χ4n) is 1.50. The van der Waals surface area contributed by atoms with Gasteiger partial charge in [0.2, 0.25) is 0 Å². The number of hydrogen-bond acceptors (Lipinski definition) is 1. The molecule has 0 aromatic heterocycles. The van der Waals surface area contributed by atoms with Crippen LogP contribution in [0.2, 0.25) is 0 Å². The molecule has 0 spiro atoms. The van der Waals surface area contributed by atoms with Crippen molar-refractivity contribution in [3.8, 4) is 0 Å². The average Bonchev–Trinajstić information content (AvgIpc) is 2.13. The fourth-order valence-corrected chi connectivity index (χ4v) is 2.81. The molecule has 0 fully saturated rings. The van der Waals surface area contributed by atoms with Crippen molar-refractivity contribution in [3.05, 3.63) is 32.7 Å². The van der Waals surface area contributed by atoms with Crippen LogP contribution in [0.3, 0.4) is 0 Å². The lowest BCUT2D eigenvalue weighted by Gasteiger charge is -2.21. The number of halogens is 2. The van der Waals surface area contributed by atoms with E-state index in [0.717, 1.165) is 27.4 Å². The molecule has 1 unspecified atom stereocenters. The molecule has 16 heavy (non-hydrogen) atoms. The van der Waals surface area contributed by atoms with E-state index < -0.39 is 0 Å². The summed E-state index contributed by atoms with van der Waals surface area (Å²) in [6.07, 6.45) is 1.42. The van der Waals surface area contributed by atoms with Crippen LogP contribution in [0.15, 0.2) is 27.1 Å². The van der Waals surface area contributed by atoms with Crippen LogP contribution in [0.5, 0.6) is 0 Å². The third kappa shape index (κ3) is 4.56. The molecule has 90 valence electrons. The van der Waals surface area contributed by atoms with Gasteiger partial charge in [-0.1, -0.05) is 58.7 Å². The predicted octanol–water partition coefficient (Wildman–Crippen LogP) is 5.07. The third-order valence-corrected chi connectivity index (χ3v) is 3.67. The first-order chi connectivity index (χ1) is 7.29. The minimum Gasteiger partial charge on any atom is -0.388 e. The Kier molecular flexibility index (Phi) is 5.02. The normalized spacial score (nSPS) is 13.9. The van der Waals surface area contributed by atoms with Crippen molar-refractivity contribution >= 4 is 31.9 Å².